The van der Waals surface area contributed by atoms with Crippen LogP contribution in [0.4, 0.5) is 0 Å². The average Bonchev–Trinajstić information content (AvgIpc) is 1.72. The number of nitrogens with two attached hydrogens (primary N) is 6. The van der Waals surface area contributed by atoms with Crippen LogP contribution in [0.2, 0.25) is 0 Å². The topological polar surface area (TPSA) is 833 Å². The number of hydrogen-bond donors (Lipinski definition) is 33. The summed E-state index contributed by atoms with van der Waals surface area (Å²) in [4.78, 5) is 135. The first-order chi connectivity index (χ1) is 66.3. The molecule has 6 heterocycles. The molecule has 138 heavy (non-hydrogen) atoms. The Morgan fingerprint density at radius 1 is 0.319 bits per heavy atom. The van der Waals surface area contributed by atoms with Gasteiger partial charge >= 0.3 is 17.9 Å². The highest BCUT2D eigenvalue weighted by atomic mass is 16.4. The van der Waals surface area contributed by atoms with Crippen LogP contribution in [0.5, 0.6) is 0 Å². The number of rotatable bonds is 60. The molecule has 39 N–H and O–H groups in total. The predicted octanol–water partition coefficient (Wildman–Crippen LogP) is -3.11. The van der Waals surface area contributed by atoms with Crippen LogP contribution in [0.3, 0.4) is 0 Å². The van der Waals surface area contributed by atoms with Crippen LogP contribution < -0.4 is 114 Å². The molecule has 51 heteroatoms. The first kappa shape index (κ1) is 104. The Hall–Kier alpha value is -16.3. The molecular formula is C87H123N39O12. The molecule has 6 amide bonds. The molecule has 10 aromatic rings. The molecule has 6 aromatic heterocycles. The van der Waals surface area contributed by atoms with Crippen molar-refractivity contribution in [1.29, 1.82) is 32.5 Å². The molecule has 0 aliphatic rings. The minimum Gasteiger partial charge on any atom is -0.480 e. The molecule has 4 aromatic carbocycles. The molecule has 738 valence electrons. The Kier molecular flexibility index (Phi) is 39.4. The van der Waals surface area contributed by atoms with Gasteiger partial charge < -0.3 is 144 Å². The zero-order valence-corrected chi connectivity index (χ0v) is 75.9. The molecule has 0 unspecified atom stereocenters. The van der Waals surface area contributed by atoms with Gasteiger partial charge in [0.05, 0.1) is 73.4 Å². The lowest BCUT2D eigenvalue weighted by Gasteiger charge is -2.24. The number of carbonyl (C=O) groups excluding carboxylic acids is 6. The smallest absolute Gasteiger partial charge is 0.326 e. The summed E-state index contributed by atoms with van der Waals surface area (Å²) in [5.74, 6) is -9.92. The maximum atomic E-state index is 14.8. The number of nitrogens with zero attached hydrogens (tertiary/aromatic N) is 9. The van der Waals surface area contributed by atoms with Gasteiger partial charge in [-0.2, -0.15) is 0 Å². The Balaban J connectivity index is 0.907. The number of nitrogens with one attached hydrogen (secondary N) is 24. The van der Waals surface area contributed by atoms with Crippen LogP contribution in [0, 0.1) is 32.5 Å². The highest BCUT2D eigenvalue weighted by molar-refractivity contribution is 5.96. The van der Waals surface area contributed by atoms with Crippen molar-refractivity contribution in [3.8, 4) is 0 Å². The van der Waals surface area contributed by atoms with E-state index < -0.39 is 108 Å². The normalized spacial score (nSPS) is 13.2. The van der Waals surface area contributed by atoms with E-state index in [4.69, 9.17) is 66.9 Å². The van der Waals surface area contributed by atoms with Crippen molar-refractivity contribution in [2.45, 2.75) is 190 Å². The third-order valence-electron chi connectivity index (χ3n) is 22.4. The van der Waals surface area contributed by atoms with E-state index in [1.165, 1.54) is 0 Å². The Labute approximate surface area is 791 Å². The van der Waals surface area contributed by atoms with E-state index in [1.807, 2.05) is 91.0 Å². The van der Waals surface area contributed by atoms with Gasteiger partial charge in [-0.1, -0.05) is 88.4 Å². The lowest BCUT2D eigenvalue weighted by Crippen LogP contribution is -2.56. The van der Waals surface area contributed by atoms with E-state index in [-0.39, 0.29) is 191 Å². The second-order valence-corrected chi connectivity index (χ2v) is 33.1. The third kappa shape index (κ3) is 33.7. The fraction of sp³-hybridized carbons (Fsp3) is 0.414. The van der Waals surface area contributed by atoms with E-state index in [2.05, 4.69) is 126 Å². The number of aromatic amines is 3. The highest BCUT2D eigenvalue weighted by Crippen LogP contribution is 2.25. The number of H-pyrrole nitrogens is 3. The van der Waals surface area contributed by atoms with E-state index in [1.54, 1.807) is 51.2 Å². The van der Waals surface area contributed by atoms with Gasteiger partial charge in [0.2, 0.25) is 35.4 Å². The standard InChI is InChI=1S/C87H123N39O12/c88-82(89)100-25-7-19-64(73(127)115-70(34-52-37-106-61-16-4-1-13-58(52)61)76(130)112-67(79(133)134)22-10-28-103-85(94)95)109-40-55-46-124(121-118-55)43-49-31-50(44-125-47-56(119-122-125)41-110-65(20-8-26-101-83(90)91)74(128)116-71(35-53-38-107-62-17-5-2-14-59(53)62)77(131)113-68(80(135)136)23-11-29-104-86(96)97)33-51(32-49)45-126-48-57(120-123-126)42-111-66(21-9-27-102-84(92)93)75(129)117-72(36-54-39-108-63-18-6-3-15-60(54)63)78(132)114-69(81(137)138)24-12-30-105-87(98)99/h1-6,13-18,31-33,37-39,46-48,64-72,106-111H,7-12,19-30,34-36,40-45H2,(H,112,130)(H,113,131)(H,114,132)(H,115,127)(H,116,128)(H,117,129)(H,133,134)(H,135,136)(H,137,138)(H4,88,89,100)(H4,90,91,101)(H4,92,93,102)(H4,94,95,103)(H4,96,97,104)(H4,98,99,105)/t64-,65-,66-,67-,68-,69-,70-,71-,72-/m0/s1. The monoisotopic (exact) mass is 1910 g/mol. The summed E-state index contributed by atoms with van der Waals surface area (Å²) in [6.07, 6.45) is 11.9. The van der Waals surface area contributed by atoms with Crippen molar-refractivity contribution >= 4 is 122 Å². The Morgan fingerprint density at radius 3 is 0.768 bits per heavy atom. The fourth-order valence-corrected chi connectivity index (χ4v) is 15.6. The van der Waals surface area contributed by atoms with Crippen molar-refractivity contribution in [3.63, 3.8) is 0 Å². The molecule has 0 saturated heterocycles. The van der Waals surface area contributed by atoms with Crippen molar-refractivity contribution in [2.75, 3.05) is 39.3 Å². The molecule has 0 fully saturated rings. The number of amides is 6. The number of hydrogen-bond acceptors (Lipinski definition) is 24. The second kappa shape index (κ2) is 52.3. The minimum absolute atomic E-state index is 0.0349. The SMILES string of the molecule is N=C(N)NCCC[C@H](NC(=O)[C@H](Cc1c[nH]c2ccccc12)NC(=O)[C@H](CCCNC(=N)N)NCc1cn(Cc2cc(Cn3cc(CN[C@@H](CCCNC(=N)N)C(=O)N[C@@H](Cc4c[nH]c5ccccc45)C(=O)N[C@@H](CCCNC(=N)N)C(=O)O)nn3)cc(Cn3cc(CN[C@@H](CCCNC(=N)N)C(=O)N[C@@H](Cc4c[nH]c5ccccc45)C(=O)N[C@@H](CCCNC(=N)N)C(=O)O)nn3)c2)nn1)C(=O)O. The first-order valence-corrected chi connectivity index (χ1v) is 44.9. The van der Waals surface area contributed by atoms with Crippen LogP contribution in [-0.4, -0.2) is 258 Å². The Bertz CT molecular complexity index is 5290. The summed E-state index contributed by atoms with van der Waals surface area (Å²) in [5.41, 5.74) is 40.8. The number of benzene rings is 4. The lowest BCUT2D eigenvalue weighted by molar-refractivity contribution is -0.143. The molecule has 51 nitrogen and oxygen atoms in total. The molecule has 10 rings (SSSR count). The second-order valence-electron chi connectivity index (χ2n) is 33.1. The van der Waals surface area contributed by atoms with Crippen molar-refractivity contribution in [2.24, 2.45) is 34.4 Å². The van der Waals surface area contributed by atoms with Crippen molar-refractivity contribution < 1.29 is 58.5 Å². The number of aliphatic carboxylic acids is 3. The summed E-state index contributed by atoms with van der Waals surface area (Å²) in [7, 11) is 0. The third-order valence-corrected chi connectivity index (χ3v) is 22.4. The zero-order chi connectivity index (χ0) is 99.2. The number of fused-ring (bicyclic) bond motifs is 3. The van der Waals surface area contributed by atoms with Gasteiger partial charge in [0, 0.05) is 129 Å². The first-order valence-electron chi connectivity index (χ1n) is 44.9. The molecule has 0 saturated carbocycles. The summed E-state index contributed by atoms with van der Waals surface area (Å²) >= 11 is 0. The summed E-state index contributed by atoms with van der Waals surface area (Å²) in [6, 6.07) is 16.7. The van der Waals surface area contributed by atoms with Crippen molar-refractivity contribution in [3.05, 3.63) is 179 Å². The minimum atomic E-state index is -1.37. The summed E-state index contributed by atoms with van der Waals surface area (Å²) < 4.78 is 4.74. The molecule has 0 spiro atoms. The van der Waals surface area contributed by atoms with Crippen LogP contribution in [0.25, 0.3) is 32.7 Å². The number of aromatic nitrogens is 12. The number of carboxylic acid groups (broad SMARTS) is 3. The molecule has 0 radical (unpaired) electrons. The van der Waals surface area contributed by atoms with Gasteiger partial charge in [0.15, 0.2) is 35.8 Å². The number of carboxylic acids is 3. The molecule has 9 atom stereocenters. The van der Waals surface area contributed by atoms with E-state index in [0.717, 1.165) is 32.7 Å². The largest absolute Gasteiger partial charge is 0.480 e. The lowest BCUT2D eigenvalue weighted by atomic mass is 10.0. The highest BCUT2D eigenvalue weighted by Gasteiger charge is 2.35. The van der Waals surface area contributed by atoms with Gasteiger partial charge in [-0.15, -0.1) is 15.3 Å². The van der Waals surface area contributed by atoms with Gasteiger partial charge in [0.25, 0.3) is 0 Å². The van der Waals surface area contributed by atoms with E-state index >= 15 is 0 Å². The predicted molar refractivity (Wildman–Crippen MR) is 511 cm³/mol. The zero-order valence-electron chi connectivity index (χ0n) is 75.9. The van der Waals surface area contributed by atoms with Gasteiger partial charge in [-0.3, -0.25) is 61.2 Å². The quantitative estimate of drug-likeness (QED) is 0.0102. The number of guanidine groups is 6. The van der Waals surface area contributed by atoms with E-state index in [9.17, 15) is 58.5 Å². The Morgan fingerprint density at radius 2 is 0.536 bits per heavy atom. The van der Waals surface area contributed by atoms with Crippen LogP contribution in [0.1, 0.15) is 128 Å². The van der Waals surface area contributed by atoms with Crippen LogP contribution in [-0.2, 0) is 102 Å². The average molecular weight is 1910 g/mol. The number of carbonyl (C=O) groups is 9. The van der Waals surface area contributed by atoms with Gasteiger partial charge in [-0.05, 0) is 129 Å². The van der Waals surface area contributed by atoms with E-state index in [0.29, 0.717) is 69.7 Å². The maximum absolute atomic E-state index is 14.8. The molecular weight excluding hydrogens is 1780 g/mol. The van der Waals surface area contributed by atoms with Gasteiger partial charge in [0.1, 0.15) is 36.3 Å². The van der Waals surface area contributed by atoms with Gasteiger partial charge in [-0.25, -0.2) is 28.4 Å². The van der Waals surface area contributed by atoms with Crippen molar-refractivity contribution in [1.82, 2.24) is 140 Å². The fourth-order valence-electron chi connectivity index (χ4n) is 15.6. The maximum Gasteiger partial charge on any atom is 0.326 e. The van der Waals surface area contributed by atoms with Crippen LogP contribution >= 0.6 is 0 Å². The molecule has 0 aliphatic heterocycles. The molecule has 0 aliphatic carbocycles. The number of para-hydroxylation sites is 3. The molecule has 0 bridgehead atoms. The summed E-state index contributed by atoms with van der Waals surface area (Å²) in [6.45, 7) is 1.28. The van der Waals surface area contributed by atoms with Crippen LogP contribution in [0.15, 0.2) is 128 Å². The summed E-state index contributed by atoms with van der Waals surface area (Å²) in [5, 5.41) is 148.